The van der Waals surface area contributed by atoms with Crippen LogP contribution in [0.25, 0.3) is 0 Å². The van der Waals surface area contributed by atoms with E-state index < -0.39 is 0 Å². The molecule has 2 aliphatic rings. The predicted molar refractivity (Wildman–Crippen MR) is 69.4 cm³/mol. The van der Waals surface area contributed by atoms with E-state index in [1.54, 1.807) is 0 Å². The van der Waals surface area contributed by atoms with E-state index in [9.17, 15) is 0 Å². The van der Waals surface area contributed by atoms with Crippen LogP contribution in [0.3, 0.4) is 0 Å². The van der Waals surface area contributed by atoms with Crippen LogP contribution in [0.15, 0.2) is 0 Å². The lowest BCUT2D eigenvalue weighted by Crippen LogP contribution is -2.51. The van der Waals surface area contributed by atoms with Gasteiger partial charge < -0.3 is 5.73 Å². The SMILES string of the molecule is CCC1CCN(C2CCC(C)(C)C2N)CC1. The summed E-state index contributed by atoms with van der Waals surface area (Å²) in [5, 5.41) is 0. The summed E-state index contributed by atoms with van der Waals surface area (Å²) >= 11 is 0. The fourth-order valence-corrected chi connectivity index (χ4v) is 3.49. The smallest absolute Gasteiger partial charge is 0.0252 e. The van der Waals surface area contributed by atoms with Crippen LogP contribution >= 0.6 is 0 Å². The highest BCUT2D eigenvalue weighted by Crippen LogP contribution is 2.39. The van der Waals surface area contributed by atoms with E-state index in [2.05, 4.69) is 25.7 Å². The van der Waals surface area contributed by atoms with Gasteiger partial charge in [-0.05, 0) is 50.1 Å². The summed E-state index contributed by atoms with van der Waals surface area (Å²) in [6.07, 6.45) is 6.74. The molecular formula is C14H28N2. The van der Waals surface area contributed by atoms with Crippen LogP contribution in [0.5, 0.6) is 0 Å². The third-order valence-corrected chi connectivity index (χ3v) is 5.10. The Kier molecular flexibility index (Phi) is 3.60. The third kappa shape index (κ3) is 2.28. The number of likely N-dealkylation sites (tertiary alicyclic amines) is 1. The lowest BCUT2D eigenvalue weighted by molar-refractivity contribution is 0.113. The molecule has 0 bridgehead atoms. The average Bonchev–Trinajstić information content (AvgIpc) is 2.55. The molecule has 1 aliphatic carbocycles. The van der Waals surface area contributed by atoms with Crippen LogP contribution in [0.4, 0.5) is 0 Å². The quantitative estimate of drug-likeness (QED) is 0.781. The summed E-state index contributed by atoms with van der Waals surface area (Å²) < 4.78 is 0. The summed E-state index contributed by atoms with van der Waals surface area (Å²) in [5.41, 5.74) is 6.77. The molecule has 2 fully saturated rings. The van der Waals surface area contributed by atoms with Crippen molar-refractivity contribution in [3.8, 4) is 0 Å². The predicted octanol–water partition coefficient (Wildman–Crippen LogP) is 2.62. The van der Waals surface area contributed by atoms with E-state index in [1.807, 2.05) is 0 Å². The van der Waals surface area contributed by atoms with Crippen molar-refractivity contribution in [2.45, 2.75) is 65.0 Å². The van der Waals surface area contributed by atoms with E-state index >= 15 is 0 Å². The zero-order valence-electron chi connectivity index (χ0n) is 11.2. The van der Waals surface area contributed by atoms with E-state index in [0.29, 0.717) is 17.5 Å². The van der Waals surface area contributed by atoms with Gasteiger partial charge in [-0.25, -0.2) is 0 Å². The normalized spacial score (nSPS) is 36.8. The number of nitrogens with two attached hydrogens (primary N) is 1. The van der Waals surface area contributed by atoms with E-state index in [0.717, 1.165) is 5.92 Å². The largest absolute Gasteiger partial charge is 0.326 e. The second kappa shape index (κ2) is 4.66. The average molecular weight is 224 g/mol. The van der Waals surface area contributed by atoms with Crippen molar-refractivity contribution in [3.63, 3.8) is 0 Å². The van der Waals surface area contributed by atoms with Crippen molar-refractivity contribution in [1.29, 1.82) is 0 Å². The van der Waals surface area contributed by atoms with Gasteiger partial charge in [0.2, 0.25) is 0 Å². The Morgan fingerprint density at radius 1 is 1.19 bits per heavy atom. The first kappa shape index (κ1) is 12.4. The zero-order chi connectivity index (χ0) is 11.8. The van der Waals surface area contributed by atoms with Crippen molar-refractivity contribution in [2.24, 2.45) is 17.1 Å². The van der Waals surface area contributed by atoms with Gasteiger partial charge in [0.15, 0.2) is 0 Å². The Bertz CT molecular complexity index is 229. The second-order valence-corrected chi connectivity index (χ2v) is 6.51. The lowest BCUT2D eigenvalue weighted by atomic mass is 9.86. The zero-order valence-corrected chi connectivity index (χ0v) is 11.2. The standard InChI is InChI=1S/C14H28N2/c1-4-11-6-9-16(10-7-11)12-5-8-14(2,3)13(12)15/h11-13H,4-10,15H2,1-3H3. The molecule has 2 atom stereocenters. The minimum atomic E-state index is 0.353. The van der Waals surface area contributed by atoms with E-state index in [4.69, 9.17) is 5.73 Å². The Hall–Kier alpha value is -0.0800. The summed E-state index contributed by atoms with van der Waals surface area (Å²) in [5.74, 6) is 0.974. The minimum Gasteiger partial charge on any atom is -0.326 e. The number of hydrogen-bond donors (Lipinski definition) is 1. The van der Waals surface area contributed by atoms with Crippen molar-refractivity contribution >= 4 is 0 Å². The number of rotatable bonds is 2. The first-order valence-electron chi connectivity index (χ1n) is 7.04. The molecule has 94 valence electrons. The van der Waals surface area contributed by atoms with Crippen LogP contribution in [0.1, 0.15) is 52.9 Å². The molecule has 1 saturated carbocycles. The molecule has 0 spiro atoms. The van der Waals surface area contributed by atoms with Gasteiger partial charge in [-0.15, -0.1) is 0 Å². The van der Waals surface area contributed by atoms with Crippen LogP contribution < -0.4 is 5.73 Å². The minimum absolute atomic E-state index is 0.353. The molecule has 2 unspecified atom stereocenters. The summed E-state index contributed by atoms with van der Waals surface area (Å²) in [4.78, 5) is 2.67. The van der Waals surface area contributed by atoms with Crippen LogP contribution in [-0.4, -0.2) is 30.1 Å². The Labute approximate surface area is 101 Å². The molecule has 0 amide bonds. The topological polar surface area (TPSA) is 29.3 Å². The molecule has 2 rings (SSSR count). The van der Waals surface area contributed by atoms with Gasteiger partial charge in [0.25, 0.3) is 0 Å². The van der Waals surface area contributed by atoms with Crippen molar-refractivity contribution < 1.29 is 0 Å². The van der Waals surface area contributed by atoms with Crippen LogP contribution in [-0.2, 0) is 0 Å². The van der Waals surface area contributed by atoms with Crippen molar-refractivity contribution in [3.05, 3.63) is 0 Å². The Balaban J connectivity index is 1.90. The molecule has 0 radical (unpaired) electrons. The first-order chi connectivity index (χ1) is 7.54. The number of nitrogens with zero attached hydrogens (tertiary/aromatic N) is 1. The van der Waals surface area contributed by atoms with Gasteiger partial charge in [-0.1, -0.05) is 27.2 Å². The first-order valence-corrected chi connectivity index (χ1v) is 7.04. The summed E-state index contributed by atoms with van der Waals surface area (Å²) in [7, 11) is 0. The van der Waals surface area contributed by atoms with E-state index in [1.165, 1.54) is 45.2 Å². The fraction of sp³-hybridized carbons (Fsp3) is 1.00. The Morgan fingerprint density at radius 3 is 2.25 bits per heavy atom. The molecule has 2 N–H and O–H groups in total. The molecule has 0 aromatic carbocycles. The number of hydrogen-bond acceptors (Lipinski definition) is 2. The summed E-state index contributed by atoms with van der Waals surface area (Å²) in [6, 6.07) is 1.04. The van der Waals surface area contributed by atoms with Gasteiger partial charge >= 0.3 is 0 Å². The van der Waals surface area contributed by atoms with E-state index in [-0.39, 0.29) is 0 Å². The molecule has 1 saturated heterocycles. The van der Waals surface area contributed by atoms with Crippen LogP contribution in [0.2, 0.25) is 0 Å². The molecule has 1 aliphatic heterocycles. The highest BCUT2D eigenvalue weighted by atomic mass is 15.2. The monoisotopic (exact) mass is 224 g/mol. The molecule has 1 heterocycles. The van der Waals surface area contributed by atoms with Gasteiger partial charge in [0, 0.05) is 12.1 Å². The third-order valence-electron chi connectivity index (χ3n) is 5.10. The van der Waals surface area contributed by atoms with Gasteiger partial charge in [-0.3, -0.25) is 4.90 Å². The highest BCUT2D eigenvalue weighted by Gasteiger charge is 2.42. The second-order valence-electron chi connectivity index (χ2n) is 6.51. The number of piperidine rings is 1. The van der Waals surface area contributed by atoms with Crippen molar-refractivity contribution in [1.82, 2.24) is 4.90 Å². The maximum atomic E-state index is 6.41. The maximum Gasteiger partial charge on any atom is 0.0252 e. The van der Waals surface area contributed by atoms with Crippen molar-refractivity contribution in [2.75, 3.05) is 13.1 Å². The molecule has 0 aromatic rings. The van der Waals surface area contributed by atoms with Crippen LogP contribution in [0, 0.1) is 11.3 Å². The molecule has 16 heavy (non-hydrogen) atoms. The summed E-state index contributed by atoms with van der Waals surface area (Å²) in [6.45, 7) is 9.55. The highest BCUT2D eigenvalue weighted by molar-refractivity contribution is 4.99. The molecule has 0 aromatic heterocycles. The fourth-order valence-electron chi connectivity index (χ4n) is 3.49. The molecular weight excluding hydrogens is 196 g/mol. The lowest BCUT2D eigenvalue weighted by Gasteiger charge is -2.39. The van der Waals surface area contributed by atoms with Gasteiger partial charge in [0.1, 0.15) is 0 Å². The molecule has 2 heteroatoms. The van der Waals surface area contributed by atoms with Gasteiger partial charge in [0.05, 0.1) is 0 Å². The maximum absolute atomic E-state index is 6.41. The Morgan fingerprint density at radius 2 is 1.81 bits per heavy atom. The van der Waals surface area contributed by atoms with Gasteiger partial charge in [-0.2, -0.15) is 0 Å². The molecule has 2 nitrogen and oxygen atoms in total.